The Morgan fingerprint density at radius 3 is 2.76 bits per heavy atom. The number of hydrogen-bond donors (Lipinski definition) is 2. The normalized spacial score (nSPS) is 23.5. The summed E-state index contributed by atoms with van der Waals surface area (Å²) in [5.74, 6) is 0.345. The maximum atomic E-state index is 9.26. The van der Waals surface area contributed by atoms with E-state index in [2.05, 4.69) is 24.1 Å². The Kier molecular flexibility index (Phi) is 4.02. The van der Waals surface area contributed by atoms with Crippen LogP contribution in [0.2, 0.25) is 0 Å². The Morgan fingerprint density at radius 1 is 1.41 bits per heavy atom. The Hall–Kier alpha value is -1.06. The molecule has 2 rings (SSSR count). The van der Waals surface area contributed by atoms with E-state index in [0.717, 1.165) is 26.1 Å². The molecule has 0 amide bonds. The van der Waals surface area contributed by atoms with E-state index in [4.69, 9.17) is 0 Å². The topological polar surface area (TPSA) is 35.5 Å². The number of phenolic OH excluding ortho intramolecular Hbond substituents is 1. The van der Waals surface area contributed by atoms with Gasteiger partial charge in [-0.05, 0) is 38.0 Å². The molecule has 0 aliphatic carbocycles. The largest absolute Gasteiger partial charge is 0.508 e. The maximum Gasteiger partial charge on any atom is 0.115 e. The lowest BCUT2D eigenvalue weighted by Crippen LogP contribution is -2.52. The van der Waals surface area contributed by atoms with Crippen molar-refractivity contribution in [2.24, 2.45) is 0 Å². The molecule has 2 atom stereocenters. The molecule has 1 heterocycles. The lowest BCUT2D eigenvalue weighted by molar-refractivity contribution is 0.157. The molecule has 2 N–H and O–H groups in total. The van der Waals surface area contributed by atoms with E-state index in [1.165, 1.54) is 5.56 Å². The van der Waals surface area contributed by atoms with Gasteiger partial charge in [0.25, 0.3) is 0 Å². The van der Waals surface area contributed by atoms with Crippen LogP contribution in [-0.4, -0.2) is 41.7 Å². The third kappa shape index (κ3) is 3.45. The first-order valence-corrected chi connectivity index (χ1v) is 6.40. The molecule has 3 nitrogen and oxygen atoms in total. The highest BCUT2D eigenvalue weighted by Gasteiger charge is 2.20. The number of piperazine rings is 1. The summed E-state index contributed by atoms with van der Waals surface area (Å²) in [6.45, 7) is 7.86. The van der Waals surface area contributed by atoms with Crippen molar-refractivity contribution in [1.82, 2.24) is 10.2 Å². The molecule has 0 aromatic heterocycles. The van der Waals surface area contributed by atoms with Gasteiger partial charge in [0.15, 0.2) is 0 Å². The lowest BCUT2D eigenvalue weighted by atomic mass is 10.0. The fourth-order valence-electron chi connectivity index (χ4n) is 2.46. The second-order valence-electron chi connectivity index (χ2n) is 5.07. The van der Waals surface area contributed by atoms with Crippen LogP contribution in [0, 0.1) is 0 Å². The average Bonchev–Trinajstić information content (AvgIpc) is 2.32. The molecule has 1 fully saturated rings. The SMILES string of the molecule is CC1CN(C(C)Cc2ccc(O)cc2)CCN1. The zero-order valence-corrected chi connectivity index (χ0v) is 10.7. The number of phenols is 1. The highest BCUT2D eigenvalue weighted by molar-refractivity contribution is 5.26. The molecule has 2 unspecified atom stereocenters. The molecule has 0 bridgehead atoms. The molecule has 0 radical (unpaired) electrons. The summed E-state index contributed by atoms with van der Waals surface area (Å²) in [6, 6.07) is 8.70. The Balaban J connectivity index is 1.91. The molecule has 0 saturated carbocycles. The fraction of sp³-hybridized carbons (Fsp3) is 0.571. The number of nitrogens with one attached hydrogen (secondary N) is 1. The van der Waals surface area contributed by atoms with Gasteiger partial charge in [-0.15, -0.1) is 0 Å². The van der Waals surface area contributed by atoms with Crippen molar-refractivity contribution < 1.29 is 5.11 Å². The van der Waals surface area contributed by atoms with E-state index in [-0.39, 0.29) is 0 Å². The molecule has 1 aliphatic heterocycles. The van der Waals surface area contributed by atoms with Crippen molar-refractivity contribution in [3.05, 3.63) is 29.8 Å². The van der Waals surface area contributed by atoms with Crippen molar-refractivity contribution in [2.75, 3.05) is 19.6 Å². The fourth-order valence-corrected chi connectivity index (χ4v) is 2.46. The number of rotatable bonds is 3. The van der Waals surface area contributed by atoms with Crippen LogP contribution in [0.5, 0.6) is 5.75 Å². The van der Waals surface area contributed by atoms with Crippen LogP contribution in [0.1, 0.15) is 19.4 Å². The van der Waals surface area contributed by atoms with Crippen molar-refractivity contribution in [2.45, 2.75) is 32.4 Å². The summed E-state index contributed by atoms with van der Waals surface area (Å²) >= 11 is 0. The van der Waals surface area contributed by atoms with E-state index in [1.54, 1.807) is 12.1 Å². The Morgan fingerprint density at radius 2 is 2.12 bits per heavy atom. The summed E-state index contributed by atoms with van der Waals surface area (Å²) in [7, 11) is 0. The monoisotopic (exact) mass is 234 g/mol. The van der Waals surface area contributed by atoms with Gasteiger partial charge in [-0.25, -0.2) is 0 Å². The van der Waals surface area contributed by atoms with Crippen molar-refractivity contribution in [3.63, 3.8) is 0 Å². The molecule has 1 saturated heterocycles. The van der Waals surface area contributed by atoms with Crippen LogP contribution < -0.4 is 5.32 Å². The highest BCUT2D eigenvalue weighted by Crippen LogP contribution is 2.14. The van der Waals surface area contributed by atoms with E-state index in [0.29, 0.717) is 17.8 Å². The van der Waals surface area contributed by atoms with Crippen LogP contribution in [0.15, 0.2) is 24.3 Å². The first-order valence-electron chi connectivity index (χ1n) is 6.40. The zero-order chi connectivity index (χ0) is 12.3. The van der Waals surface area contributed by atoms with Gasteiger partial charge >= 0.3 is 0 Å². The van der Waals surface area contributed by atoms with Crippen LogP contribution in [0.25, 0.3) is 0 Å². The molecule has 1 aromatic carbocycles. The Bertz CT molecular complexity index is 350. The van der Waals surface area contributed by atoms with Gasteiger partial charge < -0.3 is 10.4 Å². The van der Waals surface area contributed by atoms with E-state index in [9.17, 15) is 5.11 Å². The molecule has 0 spiro atoms. The number of nitrogens with zero attached hydrogens (tertiary/aromatic N) is 1. The minimum absolute atomic E-state index is 0.345. The molecule has 17 heavy (non-hydrogen) atoms. The molecule has 1 aromatic rings. The predicted octanol–water partition coefficient (Wildman–Crippen LogP) is 1.62. The minimum Gasteiger partial charge on any atom is -0.508 e. The molecule has 1 aliphatic rings. The second-order valence-corrected chi connectivity index (χ2v) is 5.07. The first kappa shape index (κ1) is 12.4. The predicted molar refractivity (Wildman–Crippen MR) is 70.3 cm³/mol. The third-order valence-electron chi connectivity index (χ3n) is 3.49. The van der Waals surface area contributed by atoms with Crippen molar-refractivity contribution in [1.29, 1.82) is 0 Å². The summed E-state index contributed by atoms with van der Waals surface area (Å²) < 4.78 is 0. The van der Waals surface area contributed by atoms with E-state index < -0.39 is 0 Å². The van der Waals surface area contributed by atoms with Gasteiger partial charge in [-0.3, -0.25) is 4.90 Å². The number of aromatic hydroxyl groups is 1. The molecular weight excluding hydrogens is 212 g/mol. The number of hydrogen-bond acceptors (Lipinski definition) is 3. The lowest BCUT2D eigenvalue weighted by Gasteiger charge is -2.36. The molecule has 94 valence electrons. The standard InChI is InChI=1S/C14H22N2O/c1-11-10-16(8-7-15-11)12(2)9-13-3-5-14(17)6-4-13/h3-6,11-12,15,17H,7-10H2,1-2H3. The smallest absolute Gasteiger partial charge is 0.115 e. The van der Waals surface area contributed by atoms with Crippen LogP contribution in [0.4, 0.5) is 0 Å². The average molecular weight is 234 g/mol. The molecular formula is C14H22N2O. The first-order chi connectivity index (χ1) is 8.15. The maximum absolute atomic E-state index is 9.26. The highest BCUT2D eigenvalue weighted by atomic mass is 16.3. The van der Waals surface area contributed by atoms with Gasteiger partial charge in [0.05, 0.1) is 0 Å². The summed E-state index contributed by atoms with van der Waals surface area (Å²) in [4.78, 5) is 2.54. The zero-order valence-electron chi connectivity index (χ0n) is 10.7. The van der Waals surface area contributed by atoms with Gasteiger partial charge in [-0.2, -0.15) is 0 Å². The number of benzene rings is 1. The quantitative estimate of drug-likeness (QED) is 0.834. The third-order valence-corrected chi connectivity index (χ3v) is 3.49. The van der Waals surface area contributed by atoms with Gasteiger partial charge in [0.1, 0.15) is 5.75 Å². The van der Waals surface area contributed by atoms with Crippen LogP contribution in [-0.2, 0) is 6.42 Å². The molecule has 3 heteroatoms. The summed E-state index contributed by atoms with van der Waals surface area (Å²) in [5.41, 5.74) is 1.29. The van der Waals surface area contributed by atoms with Gasteiger partial charge in [0.2, 0.25) is 0 Å². The Labute approximate surface area is 103 Å². The second kappa shape index (κ2) is 5.52. The van der Waals surface area contributed by atoms with Crippen molar-refractivity contribution in [3.8, 4) is 5.75 Å². The van der Waals surface area contributed by atoms with Crippen LogP contribution >= 0.6 is 0 Å². The minimum atomic E-state index is 0.345. The summed E-state index contributed by atoms with van der Waals surface area (Å²) in [6.07, 6.45) is 1.05. The van der Waals surface area contributed by atoms with Crippen LogP contribution in [0.3, 0.4) is 0 Å². The van der Waals surface area contributed by atoms with E-state index in [1.807, 2.05) is 12.1 Å². The van der Waals surface area contributed by atoms with Crippen molar-refractivity contribution >= 4 is 0 Å². The van der Waals surface area contributed by atoms with Gasteiger partial charge in [-0.1, -0.05) is 12.1 Å². The van der Waals surface area contributed by atoms with Gasteiger partial charge in [0, 0.05) is 31.7 Å². The summed E-state index contributed by atoms with van der Waals surface area (Å²) in [5, 5.41) is 12.7. The van der Waals surface area contributed by atoms with E-state index >= 15 is 0 Å².